The van der Waals surface area contributed by atoms with Gasteiger partial charge in [-0.1, -0.05) is 35.9 Å². The fraction of sp³-hybridized carbons (Fsp3) is 0.286. The summed E-state index contributed by atoms with van der Waals surface area (Å²) >= 11 is 0. The molecule has 0 aromatic heterocycles. The highest BCUT2D eigenvalue weighted by Gasteiger charge is 2.36. The Morgan fingerprint density at radius 1 is 1.00 bits per heavy atom. The van der Waals surface area contributed by atoms with Crippen molar-refractivity contribution >= 4 is 23.5 Å². The lowest BCUT2D eigenvalue weighted by Crippen LogP contribution is -2.26. The summed E-state index contributed by atoms with van der Waals surface area (Å²) in [6.45, 7) is 2.21. The van der Waals surface area contributed by atoms with Crippen LogP contribution in [-0.4, -0.2) is 37.6 Å². The van der Waals surface area contributed by atoms with Crippen molar-refractivity contribution in [2.45, 2.75) is 13.3 Å². The van der Waals surface area contributed by atoms with E-state index in [1.165, 1.54) is 0 Å². The number of carbonyl (C=O) groups is 3. The number of hydrogen-bond acceptors (Lipinski definition) is 5. The number of amides is 1. The first-order valence-electron chi connectivity index (χ1n) is 8.80. The Labute approximate surface area is 157 Å². The first-order chi connectivity index (χ1) is 13.0. The zero-order valence-electron chi connectivity index (χ0n) is 15.1. The van der Waals surface area contributed by atoms with Gasteiger partial charge in [0.2, 0.25) is 5.91 Å². The molecule has 1 aliphatic rings. The number of aryl methyl sites for hydroxylation is 1. The number of carbonyl (C=O) groups excluding carboxylic acids is 3. The van der Waals surface area contributed by atoms with Crippen molar-refractivity contribution < 1.29 is 23.9 Å². The van der Waals surface area contributed by atoms with E-state index in [9.17, 15) is 14.4 Å². The largest absolute Gasteiger partial charge is 0.462 e. The van der Waals surface area contributed by atoms with Gasteiger partial charge in [0.05, 0.1) is 11.5 Å². The van der Waals surface area contributed by atoms with E-state index in [1.807, 2.05) is 31.2 Å². The van der Waals surface area contributed by atoms with Crippen LogP contribution in [0, 0.1) is 12.8 Å². The molecule has 1 aliphatic heterocycles. The molecule has 6 heteroatoms. The van der Waals surface area contributed by atoms with Crippen LogP contribution in [0.25, 0.3) is 0 Å². The Morgan fingerprint density at radius 2 is 1.67 bits per heavy atom. The number of hydrogen-bond donors (Lipinski definition) is 0. The van der Waals surface area contributed by atoms with Crippen LogP contribution in [0.5, 0.6) is 0 Å². The molecule has 0 saturated carbocycles. The van der Waals surface area contributed by atoms with Gasteiger partial charge in [0.25, 0.3) is 0 Å². The van der Waals surface area contributed by atoms with Crippen LogP contribution in [0.2, 0.25) is 0 Å². The van der Waals surface area contributed by atoms with Crippen molar-refractivity contribution in [3.63, 3.8) is 0 Å². The molecule has 6 nitrogen and oxygen atoms in total. The molecule has 2 aromatic carbocycles. The predicted molar refractivity (Wildman–Crippen MR) is 99.3 cm³/mol. The zero-order chi connectivity index (χ0) is 19.2. The molecule has 1 unspecified atom stereocenters. The van der Waals surface area contributed by atoms with Crippen molar-refractivity contribution in [2.24, 2.45) is 5.92 Å². The molecule has 0 radical (unpaired) electrons. The molecule has 0 N–H and O–H groups in total. The lowest BCUT2D eigenvalue weighted by atomic mass is 10.1. The Balaban J connectivity index is 1.44. The normalized spacial score (nSPS) is 16.3. The van der Waals surface area contributed by atoms with Gasteiger partial charge < -0.3 is 14.4 Å². The molecule has 0 spiro atoms. The van der Waals surface area contributed by atoms with Gasteiger partial charge in [-0.05, 0) is 31.2 Å². The average Bonchev–Trinajstić information content (AvgIpc) is 3.08. The number of nitrogens with zero attached hydrogens (tertiary/aromatic N) is 1. The fourth-order valence-corrected chi connectivity index (χ4v) is 2.89. The van der Waals surface area contributed by atoms with Crippen molar-refractivity contribution in [1.29, 1.82) is 0 Å². The topological polar surface area (TPSA) is 72.9 Å². The molecule has 27 heavy (non-hydrogen) atoms. The van der Waals surface area contributed by atoms with Crippen molar-refractivity contribution in [1.82, 2.24) is 0 Å². The van der Waals surface area contributed by atoms with Gasteiger partial charge in [-0.2, -0.15) is 0 Å². The first-order valence-corrected chi connectivity index (χ1v) is 8.80. The second-order valence-electron chi connectivity index (χ2n) is 6.41. The lowest BCUT2D eigenvalue weighted by Gasteiger charge is -2.16. The highest BCUT2D eigenvalue weighted by Crippen LogP contribution is 2.26. The van der Waals surface area contributed by atoms with Gasteiger partial charge in [-0.3, -0.25) is 9.59 Å². The van der Waals surface area contributed by atoms with E-state index < -0.39 is 17.9 Å². The fourth-order valence-electron chi connectivity index (χ4n) is 2.89. The predicted octanol–water partition coefficient (Wildman–Crippen LogP) is 2.75. The van der Waals surface area contributed by atoms with Crippen LogP contribution in [-0.2, 0) is 19.1 Å². The van der Waals surface area contributed by atoms with E-state index in [4.69, 9.17) is 9.47 Å². The second kappa shape index (κ2) is 8.49. The molecule has 0 bridgehead atoms. The Morgan fingerprint density at radius 3 is 2.37 bits per heavy atom. The average molecular weight is 367 g/mol. The number of esters is 2. The van der Waals surface area contributed by atoms with Gasteiger partial charge in [0, 0.05) is 18.7 Å². The van der Waals surface area contributed by atoms with Crippen LogP contribution in [0.1, 0.15) is 22.3 Å². The number of benzene rings is 2. The van der Waals surface area contributed by atoms with E-state index in [2.05, 4.69) is 0 Å². The lowest BCUT2D eigenvalue weighted by molar-refractivity contribution is -0.149. The molecular formula is C21H21NO5. The van der Waals surface area contributed by atoms with E-state index in [-0.39, 0.29) is 25.5 Å². The molecule has 1 atom stereocenters. The van der Waals surface area contributed by atoms with E-state index in [0.717, 1.165) is 11.3 Å². The summed E-state index contributed by atoms with van der Waals surface area (Å²) in [6.07, 6.45) is 0.122. The molecule has 1 heterocycles. The number of rotatable bonds is 6. The standard InChI is InChI=1S/C21H21NO5/c1-15-7-9-18(10-8-15)22-14-17(13-19(22)23)21(25)27-12-11-26-20(24)16-5-3-2-4-6-16/h2-10,17H,11-14H2,1H3. The molecule has 1 fully saturated rings. The molecule has 1 amide bonds. The second-order valence-corrected chi connectivity index (χ2v) is 6.41. The maximum absolute atomic E-state index is 12.2. The summed E-state index contributed by atoms with van der Waals surface area (Å²) in [5.74, 6) is -1.53. The van der Waals surface area contributed by atoms with Crippen molar-refractivity contribution in [2.75, 3.05) is 24.7 Å². The van der Waals surface area contributed by atoms with Crippen LogP contribution in [0.15, 0.2) is 54.6 Å². The maximum Gasteiger partial charge on any atom is 0.338 e. The van der Waals surface area contributed by atoms with E-state index >= 15 is 0 Å². The molecule has 2 aromatic rings. The minimum atomic E-state index is -0.511. The Kier molecular flexibility index (Phi) is 5.86. The minimum absolute atomic E-state index is 0.0260. The smallest absolute Gasteiger partial charge is 0.338 e. The highest BCUT2D eigenvalue weighted by atomic mass is 16.6. The third-order valence-electron chi connectivity index (χ3n) is 4.37. The maximum atomic E-state index is 12.2. The molecule has 140 valence electrons. The third-order valence-corrected chi connectivity index (χ3v) is 4.37. The summed E-state index contributed by atoms with van der Waals surface area (Å²) in [6, 6.07) is 16.2. The monoisotopic (exact) mass is 367 g/mol. The number of anilines is 1. The van der Waals surface area contributed by atoms with Gasteiger partial charge in [0.1, 0.15) is 13.2 Å². The highest BCUT2D eigenvalue weighted by molar-refractivity contribution is 5.99. The van der Waals surface area contributed by atoms with Gasteiger partial charge >= 0.3 is 11.9 Å². The Bertz CT molecular complexity index is 816. The molecule has 3 rings (SSSR count). The third kappa shape index (κ3) is 4.73. The van der Waals surface area contributed by atoms with Crippen LogP contribution in [0.4, 0.5) is 5.69 Å². The van der Waals surface area contributed by atoms with Gasteiger partial charge in [0.15, 0.2) is 0 Å². The number of ether oxygens (including phenoxy) is 2. The minimum Gasteiger partial charge on any atom is -0.462 e. The van der Waals surface area contributed by atoms with Gasteiger partial charge in [-0.25, -0.2) is 4.79 Å². The van der Waals surface area contributed by atoms with Gasteiger partial charge in [-0.15, -0.1) is 0 Å². The molecular weight excluding hydrogens is 346 g/mol. The van der Waals surface area contributed by atoms with Crippen LogP contribution < -0.4 is 4.90 Å². The molecule has 0 aliphatic carbocycles. The SMILES string of the molecule is Cc1ccc(N2CC(C(=O)OCCOC(=O)c3ccccc3)CC2=O)cc1. The van der Waals surface area contributed by atoms with Crippen molar-refractivity contribution in [3.05, 3.63) is 65.7 Å². The summed E-state index contributed by atoms with van der Waals surface area (Å²) in [5, 5.41) is 0. The quantitative estimate of drug-likeness (QED) is 0.580. The summed E-state index contributed by atoms with van der Waals surface area (Å²) in [4.78, 5) is 37.8. The molecule has 1 saturated heterocycles. The van der Waals surface area contributed by atoms with Crippen molar-refractivity contribution in [3.8, 4) is 0 Å². The van der Waals surface area contributed by atoms with Crippen LogP contribution >= 0.6 is 0 Å². The Hall–Kier alpha value is -3.15. The summed E-state index contributed by atoms with van der Waals surface area (Å²) in [7, 11) is 0. The van der Waals surface area contributed by atoms with E-state index in [1.54, 1.807) is 35.2 Å². The summed E-state index contributed by atoms with van der Waals surface area (Å²) in [5.41, 5.74) is 2.32. The zero-order valence-corrected chi connectivity index (χ0v) is 15.1. The first kappa shape index (κ1) is 18.6. The van der Waals surface area contributed by atoms with Crippen LogP contribution in [0.3, 0.4) is 0 Å². The van der Waals surface area contributed by atoms with E-state index in [0.29, 0.717) is 12.1 Å². The summed E-state index contributed by atoms with van der Waals surface area (Å²) < 4.78 is 10.2.